The van der Waals surface area contributed by atoms with Crippen LogP contribution in [0.1, 0.15) is 30.1 Å². The van der Waals surface area contributed by atoms with Gasteiger partial charge in [0, 0.05) is 17.2 Å². The van der Waals surface area contributed by atoms with Crippen molar-refractivity contribution in [2.75, 3.05) is 6.54 Å². The zero-order valence-corrected chi connectivity index (χ0v) is 12.1. The van der Waals surface area contributed by atoms with E-state index in [2.05, 4.69) is 5.32 Å². The molecule has 8 heteroatoms. The minimum absolute atomic E-state index is 0.0130. The predicted molar refractivity (Wildman–Crippen MR) is 69.1 cm³/mol. The molecular weight excluding hydrogens is 312 g/mol. The van der Waals surface area contributed by atoms with Crippen molar-refractivity contribution in [1.82, 2.24) is 5.32 Å². The number of benzene rings is 1. The standard InChI is InChI=1S/C12H12ClF2NO3S/c1-12(2-3-12)6-16-11(17)8-4-7(20(13,18)19)5-9(14)10(8)15/h4-5H,2-3,6H2,1H3,(H,16,17). The Labute approximate surface area is 119 Å². The first-order valence-electron chi connectivity index (χ1n) is 5.84. The fourth-order valence-corrected chi connectivity index (χ4v) is 2.42. The summed E-state index contributed by atoms with van der Waals surface area (Å²) in [6.07, 6.45) is 1.89. The number of hydrogen-bond acceptors (Lipinski definition) is 3. The largest absolute Gasteiger partial charge is 0.351 e. The van der Waals surface area contributed by atoms with Gasteiger partial charge in [0.25, 0.3) is 15.0 Å². The molecule has 0 aliphatic heterocycles. The summed E-state index contributed by atoms with van der Waals surface area (Å²) in [5.41, 5.74) is -0.686. The molecule has 1 aliphatic rings. The van der Waals surface area contributed by atoms with Gasteiger partial charge in [-0.1, -0.05) is 6.92 Å². The fraction of sp³-hybridized carbons (Fsp3) is 0.417. The lowest BCUT2D eigenvalue weighted by Gasteiger charge is -2.11. The highest BCUT2D eigenvalue weighted by molar-refractivity contribution is 8.13. The van der Waals surface area contributed by atoms with Crippen molar-refractivity contribution in [3.05, 3.63) is 29.3 Å². The topological polar surface area (TPSA) is 63.2 Å². The van der Waals surface area contributed by atoms with E-state index in [0.29, 0.717) is 12.6 Å². The molecule has 4 nitrogen and oxygen atoms in total. The van der Waals surface area contributed by atoms with Gasteiger partial charge in [-0.2, -0.15) is 0 Å². The first-order chi connectivity index (χ1) is 9.12. The Balaban J connectivity index is 2.30. The number of halogens is 3. The molecule has 0 saturated heterocycles. The van der Waals surface area contributed by atoms with Gasteiger partial charge in [-0.25, -0.2) is 17.2 Å². The lowest BCUT2D eigenvalue weighted by Crippen LogP contribution is -2.30. The molecule has 0 bridgehead atoms. The van der Waals surface area contributed by atoms with Crippen molar-refractivity contribution in [3.8, 4) is 0 Å². The normalized spacial score (nSPS) is 16.8. The van der Waals surface area contributed by atoms with Crippen LogP contribution in [0.5, 0.6) is 0 Å². The smallest absolute Gasteiger partial charge is 0.261 e. The number of amides is 1. The molecule has 1 aromatic rings. The van der Waals surface area contributed by atoms with Gasteiger partial charge in [0.2, 0.25) is 0 Å². The SMILES string of the molecule is CC1(CNC(=O)c2cc(S(=O)(=O)Cl)cc(F)c2F)CC1. The molecule has 1 aliphatic carbocycles. The third-order valence-corrected chi connectivity index (χ3v) is 4.64. The Hall–Kier alpha value is -1.21. The maximum Gasteiger partial charge on any atom is 0.261 e. The maximum atomic E-state index is 13.6. The van der Waals surface area contributed by atoms with Crippen LogP contribution in [-0.2, 0) is 9.05 Å². The molecule has 0 heterocycles. The summed E-state index contributed by atoms with van der Waals surface area (Å²) in [7, 11) is 0.827. The second-order valence-corrected chi connectivity index (χ2v) is 7.76. The van der Waals surface area contributed by atoms with E-state index in [1.54, 1.807) is 0 Å². The summed E-state index contributed by atoms with van der Waals surface area (Å²) < 4.78 is 49.2. The minimum atomic E-state index is -4.24. The zero-order valence-electron chi connectivity index (χ0n) is 10.5. The van der Waals surface area contributed by atoms with Gasteiger partial charge in [-0.15, -0.1) is 0 Å². The van der Waals surface area contributed by atoms with Crippen molar-refractivity contribution in [1.29, 1.82) is 0 Å². The molecule has 2 rings (SSSR count). The maximum absolute atomic E-state index is 13.6. The zero-order chi connectivity index (χ0) is 15.1. The van der Waals surface area contributed by atoms with Gasteiger partial charge in [-0.3, -0.25) is 4.79 Å². The third kappa shape index (κ3) is 3.27. The van der Waals surface area contributed by atoms with Crippen LogP contribution in [0.15, 0.2) is 17.0 Å². The van der Waals surface area contributed by atoms with Gasteiger partial charge in [-0.05, 0) is 30.4 Å². The molecule has 0 spiro atoms. The van der Waals surface area contributed by atoms with E-state index in [1.807, 2.05) is 6.92 Å². The summed E-state index contributed by atoms with van der Waals surface area (Å²) in [5.74, 6) is -3.70. The van der Waals surface area contributed by atoms with Crippen LogP contribution in [0.25, 0.3) is 0 Å². The van der Waals surface area contributed by atoms with E-state index in [0.717, 1.165) is 18.9 Å². The molecule has 110 valence electrons. The summed E-state index contributed by atoms with van der Waals surface area (Å²) in [4.78, 5) is 11.2. The second-order valence-electron chi connectivity index (χ2n) is 5.20. The molecular formula is C12H12ClF2NO3S. The van der Waals surface area contributed by atoms with Gasteiger partial charge < -0.3 is 5.32 Å². The highest BCUT2D eigenvalue weighted by atomic mass is 35.7. The van der Waals surface area contributed by atoms with Crippen molar-refractivity contribution in [2.24, 2.45) is 5.41 Å². The Kier molecular flexibility index (Phi) is 3.77. The Bertz CT molecular complexity index is 672. The summed E-state index contributed by atoms with van der Waals surface area (Å²) in [6, 6.07) is 1.17. The molecule has 1 saturated carbocycles. The number of carbonyl (C=O) groups excluding carboxylic acids is 1. The van der Waals surface area contributed by atoms with E-state index >= 15 is 0 Å². The van der Waals surface area contributed by atoms with Crippen LogP contribution in [0.3, 0.4) is 0 Å². The summed E-state index contributed by atoms with van der Waals surface area (Å²) in [5, 5.41) is 2.46. The van der Waals surface area contributed by atoms with E-state index in [4.69, 9.17) is 10.7 Å². The van der Waals surface area contributed by atoms with Crippen LogP contribution in [0.4, 0.5) is 8.78 Å². The monoisotopic (exact) mass is 323 g/mol. The quantitative estimate of drug-likeness (QED) is 0.866. The second kappa shape index (κ2) is 4.96. The fourth-order valence-electron chi connectivity index (χ4n) is 1.65. The summed E-state index contributed by atoms with van der Waals surface area (Å²) >= 11 is 0. The van der Waals surface area contributed by atoms with E-state index in [9.17, 15) is 22.0 Å². The van der Waals surface area contributed by atoms with Crippen molar-refractivity contribution >= 4 is 25.6 Å². The van der Waals surface area contributed by atoms with Crippen molar-refractivity contribution in [3.63, 3.8) is 0 Å². The van der Waals surface area contributed by atoms with Crippen molar-refractivity contribution < 1.29 is 22.0 Å². The highest BCUT2D eigenvalue weighted by Gasteiger charge is 2.37. The first kappa shape index (κ1) is 15.2. The van der Waals surface area contributed by atoms with Gasteiger partial charge in [0.15, 0.2) is 11.6 Å². The van der Waals surface area contributed by atoms with Crippen LogP contribution >= 0.6 is 10.7 Å². The predicted octanol–water partition coefficient (Wildman–Crippen LogP) is 2.42. The number of carbonyl (C=O) groups is 1. The minimum Gasteiger partial charge on any atom is -0.351 e. The number of rotatable bonds is 4. The molecule has 1 amide bonds. The lowest BCUT2D eigenvalue weighted by molar-refractivity contribution is 0.0940. The molecule has 1 N–H and O–H groups in total. The highest BCUT2D eigenvalue weighted by Crippen LogP contribution is 2.44. The van der Waals surface area contributed by atoms with Crippen molar-refractivity contribution in [2.45, 2.75) is 24.7 Å². The Morgan fingerprint density at radius 3 is 2.50 bits per heavy atom. The molecule has 1 fully saturated rings. The number of hydrogen-bond donors (Lipinski definition) is 1. The summed E-state index contributed by atoms with van der Waals surface area (Å²) in [6.45, 7) is 2.27. The van der Waals surface area contributed by atoms with E-state index < -0.39 is 37.1 Å². The van der Waals surface area contributed by atoms with Gasteiger partial charge in [0.1, 0.15) is 0 Å². The van der Waals surface area contributed by atoms with Gasteiger partial charge in [0.05, 0.1) is 10.5 Å². The van der Waals surface area contributed by atoms with E-state index in [1.165, 1.54) is 0 Å². The third-order valence-electron chi connectivity index (χ3n) is 3.31. The molecule has 0 unspecified atom stereocenters. The molecule has 0 aromatic heterocycles. The molecule has 0 atom stereocenters. The van der Waals surface area contributed by atoms with Gasteiger partial charge >= 0.3 is 0 Å². The van der Waals surface area contributed by atoms with Crippen LogP contribution in [0.2, 0.25) is 0 Å². The lowest BCUT2D eigenvalue weighted by atomic mass is 10.1. The molecule has 0 radical (unpaired) electrons. The van der Waals surface area contributed by atoms with E-state index in [-0.39, 0.29) is 5.41 Å². The average molecular weight is 324 g/mol. The Morgan fingerprint density at radius 2 is 2.00 bits per heavy atom. The van der Waals surface area contributed by atoms with Crippen LogP contribution in [-0.4, -0.2) is 20.9 Å². The molecule has 1 aromatic carbocycles. The van der Waals surface area contributed by atoms with Crippen LogP contribution < -0.4 is 5.32 Å². The Morgan fingerprint density at radius 1 is 1.40 bits per heavy atom. The first-order valence-corrected chi connectivity index (χ1v) is 8.15. The average Bonchev–Trinajstić information content (AvgIpc) is 3.07. The number of nitrogens with one attached hydrogen (secondary N) is 1. The molecule has 20 heavy (non-hydrogen) atoms. The van der Waals surface area contributed by atoms with Crippen LogP contribution in [0, 0.1) is 17.0 Å².